The number of nitrogens with zero attached hydrogens (tertiary/aromatic N) is 2. The summed E-state index contributed by atoms with van der Waals surface area (Å²) in [7, 11) is 0. The minimum absolute atomic E-state index is 0.658. The second-order valence-corrected chi connectivity index (χ2v) is 6.10. The molecule has 0 fully saturated rings. The van der Waals surface area contributed by atoms with Crippen LogP contribution in [0.5, 0.6) is 5.88 Å². The Bertz CT molecular complexity index is 553. The third kappa shape index (κ3) is 3.82. The zero-order valence-electron chi connectivity index (χ0n) is 12.5. The van der Waals surface area contributed by atoms with Crippen LogP contribution in [0.1, 0.15) is 44.4 Å². The van der Waals surface area contributed by atoms with E-state index in [4.69, 9.17) is 4.74 Å². The molecule has 1 N–H and O–H groups in total. The van der Waals surface area contributed by atoms with E-state index in [-0.39, 0.29) is 0 Å². The molecule has 20 heavy (non-hydrogen) atoms. The van der Waals surface area contributed by atoms with Crippen molar-refractivity contribution in [3.63, 3.8) is 0 Å². The molecular weight excluding hydrogens is 270 g/mol. The highest BCUT2D eigenvalue weighted by atomic mass is 32.1. The van der Waals surface area contributed by atoms with E-state index in [9.17, 15) is 0 Å². The summed E-state index contributed by atoms with van der Waals surface area (Å²) in [5.74, 6) is 1.37. The number of aromatic nitrogens is 2. The maximum absolute atomic E-state index is 5.88. The second kappa shape index (κ2) is 7.43. The predicted octanol–water partition coefficient (Wildman–Crippen LogP) is 4.39. The van der Waals surface area contributed by atoms with Crippen LogP contribution in [0.25, 0.3) is 10.2 Å². The van der Waals surface area contributed by atoms with Crippen LogP contribution in [0.15, 0.2) is 6.07 Å². The van der Waals surface area contributed by atoms with Crippen LogP contribution >= 0.6 is 11.3 Å². The summed E-state index contributed by atoms with van der Waals surface area (Å²) in [6.45, 7) is 7.88. The standard InChI is InChI=1S/C15H23N3OS/c1-4-6-7-8-9-19-13-12-10-11(3)20-14(12)18-15(17-13)16-5-2/h10H,4-9H2,1-3H3,(H,16,17,18). The fourth-order valence-electron chi connectivity index (χ4n) is 2.06. The summed E-state index contributed by atoms with van der Waals surface area (Å²) in [6.07, 6.45) is 4.81. The number of thiophene rings is 1. The van der Waals surface area contributed by atoms with Crippen LogP contribution in [0.2, 0.25) is 0 Å². The van der Waals surface area contributed by atoms with Gasteiger partial charge >= 0.3 is 0 Å². The highest BCUT2D eigenvalue weighted by Crippen LogP contribution is 2.31. The van der Waals surface area contributed by atoms with Gasteiger partial charge in [-0.05, 0) is 26.3 Å². The normalized spacial score (nSPS) is 10.9. The smallest absolute Gasteiger partial charge is 0.227 e. The third-order valence-electron chi connectivity index (χ3n) is 3.05. The molecule has 2 aromatic rings. The maximum Gasteiger partial charge on any atom is 0.227 e. The molecule has 110 valence electrons. The molecule has 0 spiro atoms. The van der Waals surface area contributed by atoms with Crippen molar-refractivity contribution in [3.8, 4) is 5.88 Å². The summed E-state index contributed by atoms with van der Waals surface area (Å²) in [5, 5.41) is 4.20. The monoisotopic (exact) mass is 293 g/mol. The minimum atomic E-state index is 0.658. The van der Waals surface area contributed by atoms with E-state index in [0.717, 1.165) is 29.8 Å². The number of fused-ring (bicyclic) bond motifs is 1. The van der Waals surface area contributed by atoms with Gasteiger partial charge in [0.2, 0.25) is 11.8 Å². The van der Waals surface area contributed by atoms with Crippen LogP contribution in [0.4, 0.5) is 5.95 Å². The van der Waals surface area contributed by atoms with Gasteiger partial charge in [0.05, 0.1) is 12.0 Å². The molecule has 0 aliphatic carbocycles. The molecule has 5 heteroatoms. The molecule has 0 radical (unpaired) electrons. The summed E-state index contributed by atoms with van der Waals surface area (Å²) < 4.78 is 5.88. The van der Waals surface area contributed by atoms with Crippen molar-refractivity contribution in [1.29, 1.82) is 0 Å². The quantitative estimate of drug-likeness (QED) is 0.733. The van der Waals surface area contributed by atoms with E-state index in [1.165, 1.54) is 24.1 Å². The lowest BCUT2D eigenvalue weighted by Gasteiger charge is -2.08. The van der Waals surface area contributed by atoms with Crippen molar-refractivity contribution >= 4 is 27.5 Å². The van der Waals surface area contributed by atoms with Gasteiger partial charge in [-0.2, -0.15) is 4.98 Å². The zero-order valence-corrected chi connectivity index (χ0v) is 13.3. The average Bonchev–Trinajstić information content (AvgIpc) is 2.79. The molecule has 0 aromatic carbocycles. The van der Waals surface area contributed by atoms with Crippen LogP contribution < -0.4 is 10.1 Å². The largest absolute Gasteiger partial charge is 0.477 e. The molecule has 0 saturated heterocycles. The van der Waals surface area contributed by atoms with E-state index in [1.54, 1.807) is 11.3 Å². The summed E-state index contributed by atoms with van der Waals surface area (Å²) in [5.41, 5.74) is 0. The molecule has 0 bridgehead atoms. The molecule has 2 heterocycles. The van der Waals surface area contributed by atoms with Gasteiger partial charge in [-0.3, -0.25) is 0 Å². The van der Waals surface area contributed by atoms with Crippen LogP contribution in [0.3, 0.4) is 0 Å². The molecule has 0 unspecified atom stereocenters. The topological polar surface area (TPSA) is 47.0 Å². The minimum Gasteiger partial charge on any atom is -0.477 e. The Morgan fingerprint density at radius 1 is 1.20 bits per heavy atom. The Hall–Kier alpha value is -1.36. The number of hydrogen-bond donors (Lipinski definition) is 1. The number of nitrogens with one attached hydrogen (secondary N) is 1. The number of unbranched alkanes of at least 4 members (excludes halogenated alkanes) is 3. The first kappa shape index (κ1) is 15.0. The third-order valence-corrected chi connectivity index (χ3v) is 4.00. The molecule has 0 amide bonds. The summed E-state index contributed by atoms with van der Waals surface area (Å²) >= 11 is 1.68. The average molecular weight is 293 g/mol. The first-order valence-electron chi connectivity index (χ1n) is 7.39. The maximum atomic E-state index is 5.88. The van der Waals surface area contributed by atoms with E-state index in [0.29, 0.717) is 11.8 Å². The number of ether oxygens (including phenoxy) is 1. The highest BCUT2D eigenvalue weighted by Gasteiger charge is 2.11. The Morgan fingerprint density at radius 3 is 2.80 bits per heavy atom. The van der Waals surface area contributed by atoms with Crippen LogP contribution in [-0.4, -0.2) is 23.1 Å². The highest BCUT2D eigenvalue weighted by molar-refractivity contribution is 7.18. The summed E-state index contributed by atoms with van der Waals surface area (Å²) in [4.78, 5) is 11.2. The second-order valence-electron chi connectivity index (χ2n) is 4.87. The fourth-order valence-corrected chi connectivity index (χ4v) is 2.93. The van der Waals surface area contributed by atoms with Gasteiger partial charge in [-0.15, -0.1) is 11.3 Å². The van der Waals surface area contributed by atoms with Crippen LogP contribution in [0, 0.1) is 6.92 Å². The Morgan fingerprint density at radius 2 is 2.05 bits per heavy atom. The molecule has 0 aliphatic rings. The zero-order chi connectivity index (χ0) is 14.4. The van der Waals surface area contributed by atoms with E-state index < -0.39 is 0 Å². The van der Waals surface area contributed by atoms with Crippen molar-refractivity contribution in [2.24, 2.45) is 0 Å². The van der Waals surface area contributed by atoms with E-state index in [1.807, 2.05) is 6.92 Å². The number of rotatable bonds is 8. The summed E-state index contributed by atoms with van der Waals surface area (Å²) in [6, 6.07) is 2.11. The molecule has 2 aromatic heterocycles. The molecule has 0 atom stereocenters. The molecule has 2 rings (SSSR count). The lowest BCUT2D eigenvalue weighted by atomic mass is 10.2. The molecule has 0 aliphatic heterocycles. The molecular formula is C15H23N3OS. The Kier molecular flexibility index (Phi) is 5.59. The SMILES string of the molecule is CCCCCCOc1nc(NCC)nc2sc(C)cc12. The van der Waals surface area contributed by atoms with Crippen molar-refractivity contribution < 1.29 is 4.74 Å². The van der Waals surface area contributed by atoms with E-state index in [2.05, 4.69) is 35.2 Å². The number of anilines is 1. The van der Waals surface area contributed by atoms with Gasteiger partial charge in [0, 0.05) is 11.4 Å². The van der Waals surface area contributed by atoms with Gasteiger partial charge in [-0.25, -0.2) is 4.98 Å². The fraction of sp³-hybridized carbons (Fsp3) is 0.600. The van der Waals surface area contributed by atoms with Crippen molar-refractivity contribution in [2.45, 2.75) is 46.5 Å². The Labute approximate surface area is 124 Å². The van der Waals surface area contributed by atoms with Crippen molar-refractivity contribution in [1.82, 2.24) is 9.97 Å². The molecule has 4 nitrogen and oxygen atoms in total. The van der Waals surface area contributed by atoms with Crippen molar-refractivity contribution in [2.75, 3.05) is 18.5 Å². The number of hydrogen-bond acceptors (Lipinski definition) is 5. The van der Waals surface area contributed by atoms with Crippen molar-refractivity contribution in [3.05, 3.63) is 10.9 Å². The van der Waals surface area contributed by atoms with Gasteiger partial charge < -0.3 is 10.1 Å². The van der Waals surface area contributed by atoms with Gasteiger partial charge in [0.15, 0.2) is 0 Å². The first-order valence-corrected chi connectivity index (χ1v) is 8.21. The van der Waals surface area contributed by atoms with E-state index >= 15 is 0 Å². The van der Waals surface area contributed by atoms with Crippen LogP contribution in [-0.2, 0) is 0 Å². The van der Waals surface area contributed by atoms with Gasteiger partial charge in [-0.1, -0.05) is 26.2 Å². The lowest BCUT2D eigenvalue weighted by Crippen LogP contribution is -2.05. The molecule has 0 saturated carbocycles. The number of aryl methyl sites for hydroxylation is 1. The predicted molar refractivity (Wildman–Crippen MR) is 86.0 cm³/mol. The van der Waals surface area contributed by atoms with Gasteiger partial charge in [0.25, 0.3) is 0 Å². The lowest BCUT2D eigenvalue weighted by molar-refractivity contribution is 0.298. The Balaban J connectivity index is 2.12. The van der Waals surface area contributed by atoms with Gasteiger partial charge in [0.1, 0.15) is 4.83 Å². The first-order chi connectivity index (χ1) is 9.74.